The van der Waals surface area contributed by atoms with Crippen molar-refractivity contribution in [3.63, 3.8) is 0 Å². The van der Waals surface area contributed by atoms with Crippen LogP contribution in [0, 0.1) is 13.8 Å². The van der Waals surface area contributed by atoms with Crippen molar-refractivity contribution >= 4 is 11.3 Å². The fourth-order valence-corrected chi connectivity index (χ4v) is 3.05. The summed E-state index contributed by atoms with van der Waals surface area (Å²) in [6.45, 7) is 5.09. The maximum atomic E-state index is 5.71. The Bertz CT molecular complexity index is 312. The quantitative estimate of drug-likeness (QED) is 0.858. The Morgan fingerprint density at radius 1 is 1.53 bits per heavy atom. The maximum Gasteiger partial charge on any atom is 0.113 e. The second-order valence-electron chi connectivity index (χ2n) is 4.01. The van der Waals surface area contributed by atoms with Gasteiger partial charge in [0, 0.05) is 11.5 Å². The molecule has 0 bridgehead atoms. The van der Waals surface area contributed by atoms with Crippen LogP contribution in [0.25, 0.3) is 0 Å². The van der Waals surface area contributed by atoms with Crippen LogP contribution in [0.4, 0.5) is 0 Å². The van der Waals surface area contributed by atoms with Gasteiger partial charge in [0.1, 0.15) is 5.01 Å². The number of thiazole rings is 1. The van der Waals surface area contributed by atoms with Gasteiger partial charge in [-0.3, -0.25) is 0 Å². The number of aryl methyl sites for hydroxylation is 2. The van der Waals surface area contributed by atoms with Gasteiger partial charge < -0.3 is 10.1 Å². The van der Waals surface area contributed by atoms with Crippen LogP contribution < -0.4 is 5.32 Å². The van der Waals surface area contributed by atoms with Gasteiger partial charge in [0.15, 0.2) is 0 Å². The van der Waals surface area contributed by atoms with Crippen molar-refractivity contribution in [1.82, 2.24) is 10.3 Å². The number of hydrogen-bond acceptors (Lipinski definition) is 4. The first-order valence-electron chi connectivity index (χ1n) is 5.45. The minimum atomic E-state index is 0.268. The Morgan fingerprint density at radius 2 is 2.33 bits per heavy atom. The number of hydrogen-bond donors (Lipinski definition) is 1. The second kappa shape index (κ2) is 4.60. The molecule has 1 N–H and O–H groups in total. The zero-order chi connectivity index (χ0) is 10.8. The smallest absolute Gasteiger partial charge is 0.113 e. The number of likely N-dealkylation sites (N-methyl/N-ethyl adjacent to an activating group) is 1. The highest BCUT2D eigenvalue weighted by atomic mass is 32.1. The predicted octanol–water partition coefficient (Wildman–Crippen LogP) is 2.20. The number of nitrogens with zero attached hydrogens (tertiary/aromatic N) is 1. The van der Waals surface area contributed by atoms with Crippen LogP contribution in [0.1, 0.15) is 34.5 Å². The summed E-state index contributed by atoms with van der Waals surface area (Å²) in [7, 11) is 1.98. The minimum absolute atomic E-state index is 0.268. The maximum absolute atomic E-state index is 5.71. The molecule has 1 aliphatic rings. The highest BCUT2D eigenvalue weighted by Gasteiger charge is 2.28. The number of nitrogens with one attached hydrogen (secondary N) is 1. The Morgan fingerprint density at radius 3 is 2.80 bits per heavy atom. The SMILES string of the molecule is CNC(c1nc(C)c(C)s1)C1CCCO1. The lowest BCUT2D eigenvalue weighted by Crippen LogP contribution is -2.28. The summed E-state index contributed by atoms with van der Waals surface area (Å²) in [5.41, 5.74) is 1.15. The van der Waals surface area contributed by atoms with Gasteiger partial charge >= 0.3 is 0 Å². The highest BCUT2D eigenvalue weighted by molar-refractivity contribution is 7.11. The van der Waals surface area contributed by atoms with E-state index in [2.05, 4.69) is 24.1 Å². The van der Waals surface area contributed by atoms with Crippen molar-refractivity contribution in [3.05, 3.63) is 15.6 Å². The number of aromatic nitrogens is 1. The molecule has 0 aliphatic carbocycles. The van der Waals surface area contributed by atoms with Crippen LogP contribution in [0.3, 0.4) is 0 Å². The van der Waals surface area contributed by atoms with Crippen molar-refractivity contribution < 1.29 is 4.74 Å². The summed E-state index contributed by atoms with van der Waals surface area (Å²) in [4.78, 5) is 5.91. The second-order valence-corrected chi connectivity index (χ2v) is 5.25. The van der Waals surface area contributed by atoms with Crippen molar-refractivity contribution in [2.45, 2.75) is 38.8 Å². The molecule has 84 valence electrons. The van der Waals surface area contributed by atoms with Gasteiger partial charge in [0.2, 0.25) is 0 Å². The molecule has 0 radical (unpaired) electrons. The Hall–Kier alpha value is -0.450. The zero-order valence-electron chi connectivity index (χ0n) is 9.54. The molecule has 0 aromatic carbocycles. The van der Waals surface area contributed by atoms with Crippen LogP contribution >= 0.6 is 11.3 Å². The monoisotopic (exact) mass is 226 g/mol. The first kappa shape index (κ1) is 11.0. The lowest BCUT2D eigenvalue weighted by Gasteiger charge is -2.19. The third kappa shape index (κ3) is 2.22. The van der Waals surface area contributed by atoms with Crippen LogP contribution in [-0.4, -0.2) is 24.7 Å². The Kier molecular flexibility index (Phi) is 3.38. The Balaban J connectivity index is 2.18. The molecule has 15 heavy (non-hydrogen) atoms. The van der Waals surface area contributed by atoms with Gasteiger partial charge in [-0.05, 0) is 33.7 Å². The molecule has 0 saturated carbocycles. The van der Waals surface area contributed by atoms with Crippen LogP contribution in [-0.2, 0) is 4.74 Å². The molecule has 1 aromatic rings. The standard InChI is InChI=1S/C11H18N2OS/c1-7-8(2)15-11(13-7)10(12-3)9-5-4-6-14-9/h9-10,12H,4-6H2,1-3H3. The first-order valence-corrected chi connectivity index (χ1v) is 6.27. The summed E-state index contributed by atoms with van der Waals surface area (Å²) in [5, 5.41) is 4.49. The average molecular weight is 226 g/mol. The molecule has 3 nitrogen and oxygen atoms in total. The summed E-state index contributed by atoms with van der Waals surface area (Å²) in [6, 6.07) is 0.268. The predicted molar refractivity (Wildman–Crippen MR) is 62.4 cm³/mol. The minimum Gasteiger partial charge on any atom is -0.376 e. The summed E-state index contributed by atoms with van der Waals surface area (Å²) in [6.07, 6.45) is 2.62. The van der Waals surface area contributed by atoms with Gasteiger partial charge in [-0.1, -0.05) is 0 Å². The summed E-state index contributed by atoms with van der Waals surface area (Å²) >= 11 is 1.78. The van der Waals surface area contributed by atoms with Gasteiger partial charge in [-0.2, -0.15) is 0 Å². The van der Waals surface area contributed by atoms with E-state index in [1.807, 2.05) is 7.05 Å². The fourth-order valence-electron chi connectivity index (χ4n) is 1.96. The normalized spacial score (nSPS) is 23.3. The van der Waals surface area contributed by atoms with E-state index in [1.54, 1.807) is 11.3 Å². The molecule has 1 saturated heterocycles. The first-order chi connectivity index (χ1) is 7.22. The van der Waals surface area contributed by atoms with Crippen LogP contribution in [0.15, 0.2) is 0 Å². The van der Waals surface area contributed by atoms with E-state index in [1.165, 1.54) is 16.3 Å². The largest absolute Gasteiger partial charge is 0.376 e. The molecule has 0 amide bonds. The molecular weight excluding hydrogens is 208 g/mol. The molecule has 2 rings (SSSR count). The fraction of sp³-hybridized carbons (Fsp3) is 0.727. The molecule has 2 unspecified atom stereocenters. The Labute approximate surface area is 94.9 Å². The van der Waals surface area contributed by atoms with E-state index in [-0.39, 0.29) is 6.04 Å². The molecule has 1 aromatic heterocycles. The summed E-state index contributed by atoms with van der Waals surface area (Å²) in [5.74, 6) is 0. The van der Waals surface area contributed by atoms with Crippen molar-refractivity contribution in [3.8, 4) is 0 Å². The molecule has 2 atom stereocenters. The average Bonchev–Trinajstić information content (AvgIpc) is 2.80. The van der Waals surface area contributed by atoms with E-state index in [4.69, 9.17) is 4.74 Å². The van der Waals surface area contributed by atoms with Crippen molar-refractivity contribution in [1.29, 1.82) is 0 Å². The van der Waals surface area contributed by atoms with E-state index < -0.39 is 0 Å². The summed E-state index contributed by atoms with van der Waals surface area (Å²) < 4.78 is 5.71. The zero-order valence-corrected chi connectivity index (χ0v) is 10.4. The third-order valence-electron chi connectivity index (χ3n) is 2.96. The van der Waals surface area contributed by atoms with Crippen LogP contribution in [0.5, 0.6) is 0 Å². The number of ether oxygens (including phenoxy) is 1. The van der Waals surface area contributed by atoms with E-state index in [0.29, 0.717) is 6.10 Å². The molecule has 1 aliphatic heterocycles. The third-order valence-corrected chi connectivity index (χ3v) is 4.11. The lowest BCUT2D eigenvalue weighted by molar-refractivity contribution is 0.0806. The topological polar surface area (TPSA) is 34.2 Å². The van der Waals surface area contributed by atoms with Gasteiger partial charge in [-0.25, -0.2) is 4.98 Å². The van der Waals surface area contributed by atoms with Crippen LogP contribution in [0.2, 0.25) is 0 Å². The molecule has 4 heteroatoms. The molecule has 2 heterocycles. The van der Waals surface area contributed by atoms with Gasteiger partial charge in [-0.15, -0.1) is 11.3 Å². The molecule has 1 fully saturated rings. The van der Waals surface area contributed by atoms with Gasteiger partial charge in [0.25, 0.3) is 0 Å². The highest BCUT2D eigenvalue weighted by Crippen LogP contribution is 2.30. The molecular formula is C11H18N2OS. The molecule has 0 spiro atoms. The van der Waals surface area contributed by atoms with E-state index >= 15 is 0 Å². The van der Waals surface area contributed by atoms with E-state index in [9.17, 15) is 0 Å². The van der Waals surface area contributed by atoms with Gasteiger partial charge in [0.05, 0.1) is 17.8 Å². The van der Waals surface area contributed by atoms with Crippen molar-refractivity contribution in [2.75, 3.05) is 13.7 Å². The van der Waals surface area contributed by atoms with Crippen molar-refractivity contribution in [2.24, 2.45) is 0 Å². The van der Waals surface area contributed by atoms with E-state index in [0.717, 1.165) is 18.7 Å². The number of rotatable bonds is 3. The lowest BCUT2D eigenvalue weighted by atomic mass is 10.1.